The maximum Gasteiger partial charge on any atom is 0.317 e. The molecule has 11 heteroatoms. The van der Waals surface area contributed by atoms with Gasteiger partial charge in [-0.2, -0.15) is 0 Å². The monoisotopic (exact) mass is 578 g/mol. The van der Waals surface area contributed by atoms with Crippen molar-refractivity contribution in [1.82, 2.24) is 4.90 Å². The van der Waals surface area contributed by atoms with E-state index >= 15 is 0 Å². The molecular formula is C31H34N2O9. The molecule has 0 aromatic heterocycles. The molecule has 1 amide bonds. The van der Waals surface area contributed by atoms with Gasteiger partial charge in [-0.3, -0.25) is 33.7 Å². The minimum Gasteiger partial charge on any atom is -0.507 e. The number of primary amides is 1. The Hall–Kier alpha value is -3.96. The number of ether oxygens (including phenoxy) is 1. The van der Waals surface area contributed by atoms with Crippen LogP contribution in [0.5, 0.6) is 5.75 Å². The second-order valence-corrected chi connectivity index (χ2v) is 12.8. The smallest absolute Gasteiger partial charge is 0.317 e. The van der Waals surface area contributed by atoms with Crippen molar-refractivity contribution >= 4 is 40.6 Å². The van der Waals surface area contributed by atoms with Gasteiger partial charge in [-0.05, 0) is 76.4 Å². The number of phenols is 1. The number of allylic oxidation sites excluding steroid dienone is 2. The zero-order chi connectivity index (χ0) is 31.0. The fourth-order valence-electron chi connectivity index (χ4n) is 7.18. The van der Waals surface area contributed by atoms with E-state index in [0.717, 1.165) is 0 Å². The summed E-state index contributed by atoms with van der Waals surface area (Å²) in [6, 6.07) is 1.72. The number of hydrogen-bond acceptors (Lipinski definition) is 10. The Morgan fingerprint density at radius 1 is 1.10 bits per heavy atom. The zero-order valence-electron chi connectivity index (χ0n) is 24.0. The Kier molecular flexibility index (Phi) is 6.90. The first-order valence-corrected chi connectivity index (χ1v) is 13.8. The second-order valence-electron chi connectivity index (χ2n) is 12.8. The van der Waals surface area contributed by atoms with Crippen molar-refractivity contribution in [3.8, 4) is 5.75 Å². The molecule has 0 aliphatic heterocycles. The standard InChI is InChI=1S/C31H34N2O9/c1-30(2,3)42-29(40)16-8-6-7-14(16)15-9-10-19(34)21-17(15)11-13-12-18-23(33(4)5)25(36)22(28(32)39)27(38)31(18,41)26(37)20(13)24(21)35/h6-10,13,16,18,20,22-23,34,41H,11-12H2,1-5H3,(H2,32,39)/t13-,16?,18-,20?,22?,23-,31-/m0/s1. The lowest BCUT2D eigenvalue weighted by Crippen LogP contribution is -2.74. The summed E-state index contributed by atoms with van der Waals surface area (Å²) in [6.07, 6.45) is 5.14. The van der Waals surface area contributed by atoms with Crippen LogP contribution >= 0.6 is 0 Å². The molecule has 1 aromatic rings. The number of nitrogens with two attached hydrogens (primary N) is 1. The highest BCUT2D eigenvalue weighted by Gasteiger charge is 2.69. The highest BCUT2D eigenvalue weighted by molar-refractivity contribution is 6.32. The lowest BCUT2D eigenvalue weighted by atomic mass is 9.52. The molecule has 0 saturated heterocycles. The summed E-state index contributed by atoms with van der Waals surface area (Å²) in [5, 5.41) is 22.5. The molecule has 4 N–H and O–H groups in total. The number of likely N-dealkylation sites (N-methyl/N-ethyl adjacent to an activating group) is 1. The first kappa shape index (κ1) is 29.5. The van der Waals surface area contributed by atoms with E-state index in [-0.39, 0.29) is 24.2 Å². The van der Waals surface area contributed by atoms with Crippen molar-refractivity contribution in [1.29, 1.82) is 0 Å². The minimum atomic E-state index is -2.79. The molecular weight excluding hydrogens is 544 g/mol. The largest absolute Gasteiger partial charge is 0.507 e. The van der Waals surface area contributed by atoms with E-state index in [1.165, 1.54) is 25.1 Å². The van der Waals surface area contributed by atoms with Crippen molar-refractivity contribution in [3.63, 3.8) is 0 Å². The van der Waals surface area contributed by atoms with Crippen LogP contribution in [0.2, 0.25) is 0 Å². The second kappa shape index (κ2) is 9.81. The quantitative estimate of drug-likeness (QED) is 0.341. The molecule has 0 spiro atoms. The number of amides is 1. The molecule has 0 radical (unpaired) electrons. The van der Waals surface area contributed by atoms with Crippen LogP contribution in [0, 0.1) is 29.6 Å². The summed E-state index contributed by atoms with van der Waals surface area (Å²) in [7, 11) is 3.06. The highest BCUT2D eigenvalue weighted by atomic mass is 16.6. The van der Waals surface area contributed by atoms with Crippen LogP contribution in [0.4, 0.5) is 0 Å². The number of Topliss-reactive ketones (excluding diaryl/α,β-unsaturated/α-hetero) is 4. The molecule has 4 aliphatic rings. The molecule has 7 atom stereocenters. The number of aliphatic hydroxyl groups is 1. The molecule has 5 rings (SSSR count). The number of benzene rings is 1. The summed E-state index contributed by atoms with van der Waals surface area (Å²) < 4.78 is 5.59. The number of nitrogens with zero attached hydrogens (tertiary/aromatic N) is 1. The van der Waals surface area contributed by atoms with Gasteiger partial charge in [0.2, 0.25) is 5.91 Å². The van der Waals surface area contributed by atoms with Crippen LogP contribution in [-0.4, -0.2) is 81.5 Å². The summed E-state index contributed by atoms with van der Waals surface area (Å²) in [6.45, 7) is 5.26. The topological polar surface area (TPSA) is 181 Å². The van der Waals surface area contributed by atoms with E-state index in [1.807, 2.05) is 0 Å². The third-order valence-electron chi connectivity index (χ3n) is 8.83. The van der Waals surface area contributed by atoms with Gasteiger partial charge in [-0.25, -0.2) is 0 Å². The predicted octanol–water partition coefficient (Wildman–Crippen LogP) is 0.778. The van der Waals surface area contributed by atoms with Gasteiger partial charge < -0.3 is 20.7 Å². The molecule has 2 fully saturated rings. The number of rotatable bonds is 4. The van der Waals surface area contributed by atoms with Crippen molar-refractivity contribution in [3.05, 3.63) is 47.1 Å². The van der Waals surface area contributed by atoms with Gasteiger partial charge in [-0.15, -0.1) is 0 Å². The van der Waals surface area contributed by atoms with Crippen molar-refractivity contribution in [2.75, 3.05) is 14.1 Å². The number of phenolic OH excluding ortho intramolecular Hbond substituents is 1. The van der Waals surface area contributed by atoms with Gasteiger partial charge >= 0.3 is 5.97 Å². The summed E-state index contributed by atoms with van der Waals surface area (Å²) in [5.41, 5.74) is 3.21. The van der Waals surface area contributed by atoms with Crippen molar-refractivity contribution < 1.29 is 43.7 Å². The van der Waals surface area contributed by atoms with Crippen molar-refractivity contribution in [2.45, 2.75) is 50.9 Å². The summed E-state index contributed by atoms with van der Waals surface area (Å²) >= 11 is 0. The van der Waals surface area contributed by atoms with E-state index in [9.17, 15) is 39.0 Å². The van der Waals surface area contributed by atoms with E-state index in [0.29, 0.717) is 16.7 Å². The number of ketones is 4. The van der Waals surface area contributed by atoms with Crippen LogP contribution in [0.3, 0.4) is 0 Å². The molecule has 222 valence electrons. The van der Waals surface area contributed by atoms with E-state index in [4.69, 9.17) is 10.5 Å². The number of carbonyl (C=O) groups is 6. The Morgan fingerprint density at radius 2 is 1.76 bits per heavy atom. The molecule has 1 aromatic carbocycles. The lowest BCUT2D eigenvalue weighted by Gasteiger charge is -2.52. The third-order valence-corrected chi connectivity index (χ3v) is 8.83. The van der Waals surface area contributed by atoms with E-state index in [1.54, 1.807) is 45.1 Å². The van der Waals surface area contributed by atoms with Gasteiger partial charge in [-0.1, -0.05) is 24.3 Å². The maximum absolute atomic E-state index is 14.0. The Balaban J connectivity index is 1.60. The number of esters is 1. The molecule has 11 nitrogen and oxygen atoms in total. The third kappa shape index (κ3) is 4.25. The minimum absolute atomic E-state index is 0.0637. The van der Waals surface area contributed by atoms with Crippen LogP contribution < -0.4 is 5.73 Å². The van der Waals surface area contributed by atoms with Crippen LogP contribution in [0.1, 0.15) is 48.7 Å². The molecule has 2 saturated carbocycles. The number of aromatic hydroxyl groups is 1. The first-order valence-electron chi connectivity index (χ1n) is 13.8. The maximum atomic E-state index is 14.0. The fraction of sp³-hybridized carbons (Fsp3) is 0.484. The fourth-order valence-corrected chi connectivity index (χ4v) is 7.18. The van der Waals surface area contributed by atoms with Crippen molar-refractivity contribution in [2.24, 2.45) is 35.3 Å². The number of carbonyl (C=O) groups excluding carboxylic acids is 6. The Labute approximate surface area is 242 Å². The van der Waals surface area contributed by atoms with Gasteiger partial charge in [0.05, 0.1) is 17.5 Å². The molecule has 3 unspecified atom stereocenters. The number of hydrogen-bond donors (Lipinski definition) is 3. The average molecular weight is 579 g/mol. The molecule has 4 aliphatic carbocycles. The van der Waals surface area contributed by atoms with Gasteiger partial charge in [0, 0.05) is 5.92 Å². The zero-order valence-corrected chi connectivity index (χ0v) is 24.0. The normalized spacial score (nSPS) is 32.3. The Morgan fingerprint density at radius 3 is 2.36 bits per heavy atom. The molecule has 0 bridgehead atoms. The van der Waals surface area contributed by atoms with Gasteiger partial charge in [0.25, 0.3) is 0 Å². The summed E-state index contributed by atoms with van der Waals surface area (Å²) in [4.78, 5) is 81.2. The summed E-state index contributed by atoms with van der Waals surface area (Å²) in [5.74, 6) is -12.4. The number of fused-ring (bicyclic) bond motifs is 3. The highest BCUT2D eigenvalue weighted by Crippen LogP contribution is 2.52. The van der Waals surface area contributed by atoms with Crippen LogP contribution in [-0.2, 0) is 35.1 Å². The predicted molar refractivity (Wildman–Crippen MR) is 148 cm³/mol. The Bertz CT molecular complexity index is 1510. The van der Waals surface area contributed by atoms with E-state index < -0.39 is 81.8 Å². The molecule has 42 heavy (non-hydrogen) atoms. The average Bonchev–Trinajstić information content (AvgIpc) is 3.35. The molecule has 0 heterocycles. The van der Waals surface area contributed by atoms with Gasteiger partial charge in [0.1, 0.15) is 17.3 Å². The van der Waals surface area contributed by atoms with Crippen LogP contribution in [0.25, 0.3) is 5.57 Å². The lowest BCUT2D eigenvalue weighted by molar-refractivity contribution is -0.181. The van der Waals surface area contributed by atoms with E-state index in [2.05, 4.69) is 0 Å². The first-order chi connectivity index (χ1) is 19.5. The van der Waals surface area contributed by atoms with Gasteiger partial charge in [0.15, 0.2) is 34.7 Å². The SMILES string of the molecule is CN(C)[C@@H]1C(=O)C(C(N)=O)C(=O)[C@@]2(O)C(=O)C3C(=O)c4c(O)ccc(C5=CC=CC5C(=O)OC(C)(C)C)c4C[C@H]3C[C@@H]12. The van der Waals surface area contributed by atoms with Crippen LogP contribution in [0.15, 0.2) is 30.4 Å².